The summed E-state index contributed by atoms with van der Waals surface area (Å²) in [5.74, 6) is 0.812. The highest BCUT2D eigenvalue weighted by atomic mass is 32.2. The molecule has 150 valence electrons. The molecule has 0 bridgehead atoms. The Bertz CT molecular complexity index is 1130. The van der Waals surface area contributed by atoms with Crippen LogP contribution in [0.25, 0.3) is 16.6 Å². The van der Waals surface area contributed by atoms with Crippen LogP contribution >= 0.6 is 11.8 Å². The Labute approximate surface area is 174 Å². The smallest absolute Gasteiger partial charge is 0.266 e. The van der Waals surface area contributed by atoms with Crippen LogP contribution in [-0.2, 0) is 4.79 Å². The van der Waals surface area contributed by atoms with Gasteiger partial charge in [0.15, 0.2) is 5.16 Å². The molecule has 0 spiro atoms. The third kappa shape index (κ3) is 4.22. The number of aromatic nitrogens is 2. The van der Waals surface area contributed by atoms with Crippen LogP contribution in [-0.4, -0.2) is 27.3 Å². The summed E-state index contributed by atoms with van der Waals surface area (Å²) in [6, 6.07) is 13.6. The van der Waals surface area contributed by atoms with E-state index in [-0.39, 0.29) is 23.3 Å². The summed E-state index contributed by atoms with van der Waals surface area (Å²) in [5.41, 5.74) is 3.40. The molecule has 3 aromatic rings. The first kappa shape index (κ1) is 19.7. The average Bonchev–Trinajstić information content (AvgIpc) is 3.54. The molecule has 1 N–H and O–H groups in total. The van der Waals surface area contributed by atoms with E-state index in [2.05, 4.69) is 12.2 Å². The zero-order chi connectivity index (χ0) is 20.5. The van der Waals surface area contributed by atoms with Crippen molar-refractivity contribution in [2.45, 2.75) is 44.8 Å². The van der Waals surface area contributed by atoms with Gasteiger partial charge in [0.25, 0.3) is 5.56 Å². The number of amides is 1. The monoisotopic (exact) mass is 407 g/mol. The Hall–Kier alpha value is -2.60. The molecular formula is C23H25N3O2S. The van der Waals surface area contributed by atoms with Crippen LogP contribution in [0.5, 0.6) is 0 Å². The van der Waals surface area contributed by atoms with Gasteiger partial charge in [0.2, 0.25) is 5.91 Å². The number of nitrogens with zero attached hydrogens (tertiary/aromatic N) is 2. The summed E-state index contributed by atoms with van der Waals surface area (Å²) in [6.07, 6.45) is 2.37. The topological polar surface area (TPSA) is 64.0 Å². The first-order chi connectivity index (χ1) is 13.9. The molecule has 1 aliphatic carbocycles. The number of carbonyl (C=O) groups is 1. The van der Waals surface area contributed by atoms with Crippen LogP contribution in [0.2, 0.25) is 0 Å². The van der Waals surface area contributed by atoms with E-state index in [0.29, 0.717) is 22.0 Å². The lowest BCUT2D eigenvalue weighted by molar-refractivity contribution is -0.119. The first-order valence-corrected chi connectivity index (χ1v) is 10.9. The van der Waals surface area contributed by atoms with E-state index in [4.69, 9.17) is 4.98 Å². The van der Waals surface area contributed by atoms with Crippen molar-refractivity contribution >= 4 is 28.6 Å². The van der Waals surface area contributed by atoms with Crippen molar-refractivity contribution in [1.82, 2.24) is 14.9 Å². The molecule has 2 aromatic carbocycles. The summed E-state index contributed by atoms with van der Waals surface area (Å²) >= 11 is 1.31. The molecule has 1 atom stereocenters. The third-order valence-electron chi connectivity index (χ3n) is 5.40. The van der Waals surface area contributed by atoms with Crippen LogP contribution in [0, 0.1) is 19.8 Å². The fourth-order valence-electron chi connectivity index (χ4n) is 3.52. The van der Waals surface area contributed by atoms with Gasteiger partial charge in [-0.1, -0.05) is 36.0 Å². The van der Waals surface area contributed by atoms with Crippen molar-refractivity contribution in [2.75, 3.05) is 5.75 Å². The lowest BCUT2D eigenvalue weighted by atomic mass is 10.1. The number of para-hydroxylation sites is 1. The van der Waals surface area contributed by atoms with Gasteiger partial charge in [-0.15, -0.1) is 0 Å². The number of thioether (sulfide) groups is 1. The second kappa shape index (κ2) is 8.03. The number of aryl methyl sites for hydroxylation is 2. The Morgan fingerprint density at radius 2 is 2.00 bits per heavy atom. The van der Waals surface area contributed by atoms with E-state index >= 15 is 0 Å². The Balaban J connectivity index is 1.72. The summed E-state index contributed by atoms with van der Waals surface area (Å²) < 4.78 is 1.65. The number of hydrogen-bond donors (Lipinski definition) is 1. The molecule has 0 saturated heterocycles. The minimum atomic E-state index is -0.112. The van der Waals surface area contributed by atoms with E-state index in [9.17, 15) is 9.59 Å². The third-order valence-corrected chi connectivity index (χ3v) is 6.34. The molecule has 4 rings (SSSR count). The molecule has 1 aromatic heterocycles. The molecule has 0 aliphatic heterocycles. The van der Waals surface area contributed by atoms with Crippen LogP contribution in [0.4, 0.5) is 0 Å². The van der Waals surface area contributed by atoms with Gasteiger partial charge >= 0.3 is 0 Å². The van der Waals surface area contributed by atoms with Crippen molar-refractivity contribution in [3.8, 4) is 5.69 Å². The molecule has 1 aliphatic rings. The van der Waals surface area contributed by atoms with Gasteiger partial charge in [-0.05, 0) is 68.9 Å². The molecule has 1 fully saturated rings. The number of carbonyl (C=O) groups excluding carboxylic acids is 1. The number of rotatable bonds is 6. The molecular weight excluding hydrogens is 382 g/mol. The highest BCUT2D eigenvalue weighted by Crippen LogP contribution is 2.32. The molecule has 1 amide bonds. The number of hydrogen-bond acceptors (Lipinski definition) is 4. The molecule has 1 heterocycles. The molecule has 5 nitrogen and oxygen atoms in total. The fourth-order valence-corrected chi connectivity index (χ4v) is 4.34. The summed E-state index contributed by atoms with van der Waals surface area (Å²) in [5, 5.41) is 4.18. The Kier molecular flexibility index (Phi) is 5.46. The molecule has 0 radical (unpaired) electrons. The second-order valence-corrected chi connectivity index (χ2v) is 8.77. The van der Waals surface area contributed by atoms with Crippen molar-refractivity contribution in [3.05, 3.63) is 63.9 Å². The van der Waals surface area contributed by atoms with E-state index in [1.165, 1.54) is 24.6 Å². The minimum absolute atomic E-state index is 0.0238. The van der Waals surface area contributed by atoms with Gasteiger partial charge in [0.05, 0.1) is 22.3 Å². The number of nitrogens with one attached hydrogen (secondary N) is 1. The SMILES string of the molecule is Cc1ccc(C)c(-n2c(SCC(=O)N[C@@H](C)C3CC3)nc3ccccc3c2=O)c1. The van der Waals surface area contributed by atoms with Gasteiger partial charge in [0, 0.05) is 6.04 Å². The fraction of sp³-hybridized carbons (Fsp3) is 0.348. The van der Waals surface area contributed by atoms with Crippen LogP contribution in [0.3, 0.4) is 0 Å². The predicted octanol–water partition coefficient (Wildman–Crippen LogP) is 4.01. The maximum atomic E-state index is 13.3. The Morgan fingerprint density at radius 1 is 1.24 bits per heavy atom. The summed E-state index contributed by atoms with van der Waals surface area (Å²) in [6.45, 7) is 6.04. The number of fused-ring (bicyclic) bond motifs is 1. The van der Waals surface area contributed by atoms with Crippen molar-refractivity contribution in [2.24, 2.45) is 5.92 Å². The highest BCUT2D eigenvalue weighted by Gasteiger charge is 2.29. The molecule has 1 saturated carbocycles. The van der Waals surface area contributed by atoms with Crippen molar-refractivity contribution in [3.63, 3.8) is 0 Å². The zero-order valence-corrected chi connectivity index (χ0v) is 17.8. The van der Waals surface area contributed by atoms with Gasteiger partial charge in [-0.3, -0.25) is 14.2 Å². The normalized spacial score (nSPS) is 14.7. The van der Waals surface area contributed by atoms with Crippen molar-refractivity contribution in [1.29, 1.82) is 0 Å². The Morgan fingerprint density at radius 3 is 2.76 bits per heavy atom. The van der Waals surface area contributed by atoms with Gasteiger partial charge in [0.1, 0.15) is 0 Å². The lowest BCUT2D eigenvalue weighted by Crippen LogP contribution is -2.35. The predicted molar refractivity (Wildman–Crippen MR) is 118 cm³/mol. The van der Waals surface area contributed by atoms with E-state index < -0.39 is 0 Å². The maximum Gasteiger partial charge on any atom is 0.266 e. The van der Waals surface area contributed by atoms with Gasteiger partial charge in [-0.25, -0.2) is 4.98 Å². The maximum absolute atomic E-state index is 13.3. The minimum Gasteiger partial charge on any atom is -0.353 e. The number of benzene rings is 2. The molecule has 29 heavy (non-hydrogen) atoms. The van der Waals surface area contributed by atoms with Crippen molar-refractivity contribution < 1.29 is 4.79 Å². The zero-order valence-electron chi connectivity index (χ0n) is 16.9. The first-order valence-electron chi connectivity index (χ1n) is 9.95. The van der Waals surface area contributed by atoms with Gasteiger partial charge in [-0.2, -0.15) is 0 Å². The quantitative estimate of drug-likeness (QED) is 0.495. The van der Waals surface area contributed by atoms with Crippen LogP contribution in [0.1, 0.15) is 30.9 Å². The molecule has 6 heteroatoms. The van der Waals surface area contributed by atoms with Gasteiger partial charge < -0.3 is 5.32 Å². The second-order valence-electron chi connectivity index (χ2n) is 7.82. The largest absolute Gasteiger partial charge is 0.353 e. The van der Waals surface area contributed by atoms with E-state index in [1.807, 2.05) is 50.2 Å². The summed E-state index contributed by atoms with van der Waals surface area (Å²) in [7, 11) is 0. The van der Waals surface area contributed by atoms with E-state index in [1.54, 1.807) is 10.6 Å². The van der Waals surface area contributed by atoms with Crippen LogP contribution in [0.15, 0.2) is 52.4 Å². The average molecular weight is 408 g/mol. The molecule has 0 unspecified atom stereocenters. The van der Waals surface area contributed by atoms with Crippen LogP contribution < -0.4 is 10.9 Å². The lowest BCUT2D eigenvalue weighted by Gasteiger charge is -2.16. The van der Waals surface area contributed by atoms with E-state index in [0.717, 1.165) is 16.8 Å². The summed E-state index contributed by atoms with van der Waals surface area (Å²) in [4.78, 5) is 30.5. The highest BCUT2D eigenvalue weighted by molar-refractivity contribution is 7.99. The standard InChI is InChI=1S/C23H25N3O2S/c1-14-8-9-15(2)20(12-14)26-22(28)18-6-4-5-7-19(18)25-23(26)29-13-21(27)24-16(3)17-10-11-17/h4-9,12,16-17H,10-11,13H2,1-3H3,(H,24,27)/t16-/m0/s1.